The van der Waals surface area contributed by atoms with Gasteiger partial charge in [0.2, 0.25) is 0 Å². The van der Waals surface area contributed by atoms with Gasteiger partial charge in [0.25, 0.3) is 0 Å². The van der Waals surface area contributed by atoms with E-state index in [9.17, 15) is 8.78 Å². The molecule has 0 spiro atoms. The van der Waals surface area contributed by atoms with Crippen molar-refractivity contribution in [3.8, 4) is 0 Å². The number of hydrogen-bond donors (Lipinski definition) is 0. The normalized spacial score (nSPS) is 30.0. The fourth-order valence-corrected chi connectivity index (χ4v) is 2.04. The second kappa shape index (κ2) is 4.89. The van der Waals surface area contributed by atoms with Crippen LogP contribution in [0.3, 0.4) is 0 Å². The minimum atomic E-state index is -2.60. The fraction of sp³-hybridized carbons (Fsp3) is 1.00. The van der Waals surface area contributed by atoms with E-state index in [4.69, 9.17) is 0 Å². The second-order valence-electron chi connectivity index (χ2n) is 4.18. The summed E-state index contributed by atoms with van der Waals surface area (Å²) in [5, 5.41) is 0. The SMILES string of the molecule is CC(C)[C@H]1CC[C@H](OC(F)F)CC1. The lowest BCUT2D eigenvalue weighted by Crippen LogP contribution is -2.25. The fourth-order valence-electron chi connectivity index (χ4n) is 2.04. The predicted octanol–water partition coefficient (Wildman–Crippen LogP) is 3.44. The molecule has 0 saturated heterocycles. The Hall–Kier alpha value is -0.180. The van der Waals surface area contributed by atoms with Crippen molar-refractivity contribution in [2.75, 3.05) is 0 Å². The number of rotatable bonds is 3. The zero-order chi connectivity index (χ0) is 9.84. The van der Waals surface area contributed by atoms with Crippen LogP contribution in [0.4, 0.5) is 8.78 Å². The molecule has 13 heavy (non-hydrogen) atoms. The molecule has 78 valence electrons. The first-order chi connectivity index (χ1) is 6.09. The van der Waals surface area contributed by atoms with Crippen LogP contribution in [-0.2, 0) is 4.74 Å². The molecule has 1 fully saturated rings. The highest BCUT2D eigenvalue weighted by atomic mass is 19.3. The average molecular weight is 192 g/mol. The van der Waals surface area contributed by atoms with Gasteiger partial charge in [-0.15, -0.1) is 0 Å². The molecule has 0 bridgehead atoms. The molecule has 1 nitrogen and oxygen atoms in total. The molecule has 0 aromatic carbocycles. The van der Waals surface area contributed by atoms with E-state index < -0.39 is 6.61 Å². The Balaban J connectivity index is 2.22. The van der Waals surface area contributed by atoms with Crippen molar-refractivity contribution in [2.24, 2.45) is 11.8 Å². The molecule has 0 aromatic rings. The number of halogens is 2. The van der Waals surface area contributed by atoms with E-state index in [-0.39, 0.29) is 6.10 Å². The molecule has 0 aliphatic heterocycles. The van der Waals surface area contributed by atoms with Gasteiger partial charge in [0, 0.05) is 0 Å². The molecular weight excluding hydrogens is 174 g/mol. The van der Waals surface area contributed by atoms with Gasteiger partial charge in [-0.1, -0.05) is 13.8 Å². The van der Waals surface area contributed by atoms with Crippen LogP contribution in [0.2, 0.25) is 0 Å². The summed E-state index contributed by atoms with van der Waals surface area (Å²) in [5.41, 5.74) is 0. The van der Waals surface area contributed by atoms with E-state index in [0.29, 0.717) is 11.8 Å². The molecule has 0 amide bonds. The lowest BCUT2D eigenvalue weighted by Gasteiger charge is -2.30. The number of alkyl halides is 2. The summed E-state index contributed by atoms with van der Waals surface area (Å²) in [4.78, 5) is 0. The number of ether oxygens (including phenoxy) is 1. The molecule has 1 aliphatic carbocycles. The van der Waals surface area contributed by atoms with Gasteiger partial charge in [-0.25, -0.2) is 0 Å². The van der Waals surface area contributed by atoms with Gasteiger partial charge in [-0.05, 0) is 37.5 Å². The van der Waals surface area contributed by atoms with Crippen molar-refractivity contribution in [1.82, 2.24) is 0 Å². The highest BCUT2D eigenvalue weighted by Gasteiger charge is 2.25. The van der Waals surface area contributed by atoms with Crippen molar-refractivity contribution < 1.29 is 13.5 Å². The third kappa shape index (κ3) is 3.59. The van der Waals surface area contributed by atoms with Crippen LogP contribution in [0.1, 0.15) is 39.5 Å². The molecule has 0 radical (unpaired) electrons. The molecule has 1 rings (SSSR count). The summed E-state index contributed by atoms with van der Waals surface area (Å²) in [7, 11) is 0. The van der Waals surface area contributed by atoms with E-state index in [1.165, 1.54) is 0 Å². The van der Waals surface area contributed by atoms with Crippen molar-refractivity contribution in [3.63, 3.8) is 0 Å². The van der Waals surface area contributed by atoms with Gasteiger partial charge in [-0.2, -0.15) is 8.78 Å². The minimum absolute atomic E-state index is 0.199. The molecule has 3 heteroatoms. The largest absolute Gasteiger partial charge is 0.345 e. The van der Waals surface area contributed by atoms with Gasteiger partial charge < -0.3 is 4.74 Å². The highest BCUT2D eigenvalue weighted by Crippen LogP contribution is 2.31. The molecule has 0 N–H and O–H groups in total. The van der Waals surface area contributed by atoms with Crippen LogP contribution < -0.4 is 0 Å². The monoisotopic (exact) mass is 192 g/mol. The van der Waals surface area contributed by atoms with E-state index in [2.05, 4.69) is 18.6 Å². The summed E-state index contributed by atoms with van der Waals surface area (Å²) in [6, 6.07) is 0. The molecule has 0 heterocycles. The summed E-state index contributed by atoms with van der Waals surface area (Å²) < 4.78 is 28.2. The Kier molecular flexibility index (Phi) is 4.10. The van der Waals surface area contributed by atoms with Crippen LogP contribution in [0.5, 0.6) is 0 Å². The van der Waals surface area contributed by atoms with E-state index >= 15 is 0 Å². The van der Waals surface area contributed by atoms with Crippen LogP contribution in [0.25, 0.3) is 0 Å². The van der Waals surface area contributed by atoms with Gasteiger partial charge in [0.1, 0.15) is 0 Å². The average Bonchev–Trinajstić information content (AvgIpc) is 2.04. The van der Waals surface area contributed by atoms with Crippen molar-refractivity contribution in [1.29, 1.82) is 0 Å². The Morgan fingerprint density at radius 1 is 1.08 bits per heavy atom. The molecule has 0 aromatic heterocycles. The first kappa shape index (κ1) is 10.9. The van der Waals surface area contributed by atoms with Crippen LogP contribution in [0, 0.1) is 11.8 Å². The highest BCUT2D eigenvalue weighted by molar-refractivity contribution is 4.74. The maximum atomic E-state index is 11.9. The minimum Gasteiger partial charge on any atom is -0.320 e. The standard InChI is InChI=1S/C10H18F2O/c1-7(2)8-3-5-9(6-4-8)13-10(11)12/h7-10H,3-6H2,1-2H3/t8-,9-. The predicted molar refractivity (Wildman–Crippen MR) is 47.7 cm³/mol. The van der Waals surface area contributed by atoms with E-state index in [1.807, 2.05) is 0 Å². The Bertz CT molecular complexity index is 140. The van der Waals surface area contributed by atoms with Crippen LogP contribution in [0.15, 0.2) is 0 Å². The smallest absolute Gasteiger partial charge is 0.320 e. The van der Waals surface area contributed by atoms with Gasteiger partial charge in [-0.3, -0.25) is 0 Å². The van der Waals surface area contributed by atoms with Crippen molar-refractivity contribution >= 4 is 0 Å². The summed E-state index contributed by atoms with van der Waals surface area (Å²) in [6.07, 6.45) is 3.47. The molecular formula is C10H18F2O. The first-order valence-corrected chi connectivity index (χ1v) is 5.03. The third-order valence-electron chi connectivity index (χ3n) is 2.96. The summed E-state index contributed by atoms with van der Waals surface area (Å²) in [6.45, 7) is 1.79. The van der Waals surface area contributed by atoms with Gasteiger partial charge in [0.05, 0.1) is 6.10 Å². The molecule has 0 atom stereocenters. The Morgan fingerprint density at radius 3 is 2.00 bits per heavy atom. The topological polar surface area (TPSA) is 9.23 Å². The summed E-state index contributed by atoms with van der Waals surface area (Å²) >= 11 is 0. The number of hydrogen-bond acceptors (Lipinski definition) is 1. The maximum absolute atomic E-state index is 11.9. The Morgan fingerprint density at radius 2 is 1.62 bits per heavy atom. The van der Waals surface area contributed by atoms with E-state index in [1.54, 1.807) is 0 Å². The molecule has 0 unspecified atom stereocenters. The Labute approximate surface area is 78.5 Å². The second-order valence-corrected chi connectivity index (χ2v) is 4.18. The van der Waals surface area contributed by atoms with Crippen molar-refractivity contribution in [2.45, 2.75) is 52.2 Å². The van der Waals surface area contributed by atoms with Crippen LogP contribution >= 0.6 is 0 Å². The maximum Gasteiger partial charge on any atom is 0.345 e. The zero-order valence-corrected chi connectivity index (χ0v) is 8.30. The lowest BCUT2D eigenvalue weighted by molar-refractivity contribution is -0.172. The van der Waals surface area contributed by atoms with Gasteiger partial charge >= 0.3 is 6.61 Å². The third-order valence-corrected chi connectivity index (χ3v) is 2.96. The van der Waals surface area contributed by atoms with Crippen LogP contribution in [-0.4, -0.2) is 12.7 Å². The van der Waals surface area contributed by atoms with E-state index in [0.717, 1.165) is 25.7 Å². The van der Waals surface area contributed by atoms with Gasteiger partial charge in [0.15, 0.2) is 0 Å². The zero-order valence-electron chi connectivity index (χ0n) is 8.30. The molecule has 1 aliphatic rings. The first-order valence-electron chi connectivity index (χ1n) is 5.03. The van der Waals surface area contributed by atoms with Crippen molar-refractivity contribution in [3.05, 3.63) is 0 Å². The lowest BCUT2D eigenvalue weighted by atomic mass is 9.80. The molecule has 1 saturated carbocycles. The quantitative estimate of drug-likeness (QED) is 0.665. The summed E-state index contributed by atoms with van der Waals surface area (Å²) in [5.74, 6) is 1.38.